The van der Waals surface area contributed by atoms with E-state index in [1.165, 1.54) is 5.56 Å². The molecule has 1 atom stereocenters. The summed E-state index contributed by atoms with van der Waals surface area (Å²) in [5.74, 6) is 0.258. The molecule has 6 nitrogen and oxygen atoms in total. The second kappa shape index (κ2) is 7.85. The lowest BCUT2D eigenvalue weighted by molar-refractivity contribution is 0.0724. The average Bonchev–Trinajstić information content (AvgIpc) is 2.96. The molecule has 30 heavy (non-hydrogen) atoms. The monoisotopic (exact) mass is 429 g/mol. The van der Waals surface area contributed by atoms with Gasteiger partial charge < -0.3 is 9.47 Å². The van der Waals surface area contributed by atoms with Crippen LogP contribution >= 0.6 is 0 Å². The number of sulfonamides is 1. The molecule has 1 fully saturated rings. The zero-order valence-electron chi connectivity index (χ0n) is 18.3. The molecule has 7 heteroatoms. The molecule has 0 spiro atoms. The van der Waals surface area contributed by atoms with Crippen molar-refractivity contribution in [1.29, 1.82) is 0 Å². The van der Waals surface area contributed by atoms with Gasteiger partial charge in [0.05, 0.1) is 0 Å². The highest BCUT2D eigenvalue weighted by atomic mass is 32.2. The van der Waals surface area contributed by atoms with E-state index in [1.54, 1.807) is 29.8 Å². The third kappa shape index (κ3) is 3.48. The summed E-state index contributed by atoms with van der Waals surface area (Å²) in [6.45, 7) is 7.97. The van der Waals surface area contributed by atoms with Crippen LogP contribution in [0.1, 0.15) is 52.6 Å². The summed E-state index contributed by atoms with van der Waals surface area (Å²) in [6, 6.07) is 8.19. The highest BCUT2D eigenvalue weighted by Gasteiger charge is 2.36. The van der Waals surface area contributed by atoms with E-state index >= 15 is 0 Å². The Morgan fingerprint density at radius 3 is 2.50 bits per heavy atom. The summed E-state index contributed by atoms with van der Waals surface area (Å²) in [5.41, 5.74) is 4.12. The Morgan fingerprint density at radius 1 is 1.10 bits per heavy atom. The molecule has 0 radical (unpaired) electrons. The van der Waals surface area contributed by atoms with Crippen LogP contribution in [0.5, 0.6) is 0 Å². The standard InChI is InChI=1S/C23H31N3O3S/c1-16-8-7-12-26(14-16)30(28,29)22-17(2)21(24(4)18(22)3)23(27)25-13-11-19-9-5-6-10-20(19)15-25/h5-6,9-10,16H,7-8,11-15H2,1-4H3/t16-/m1/s1. The first-order valence-electron chi connectivity index (χ1n) is 10.7. The molecule has 0 aliphatic carbocycles. The molecule has 3 heterocycles. The second-order valence-corrected chi connectivity index (χ2v) is 10.7. The molecule has 0 unspecified atom stereocenters. The van der Waals surface area contributed by atoms with Crippen molar-refractivity contribution in [2.45, 2.75) is 51.5 Å². The first-order valence-corrected chi connectivity index (χ1v) is 12.2. The van der Waals surface area contributed by atoms with Crippen molar-refractivity contribution in [3.63, 3.8) is 0 Å². The lowest BCUT2D eigenvalue weighted by Gasteiger charge is -2.30. The third-order valence-electron chi connectivity index (χ3n) is 6.70. The van der Waals surface area contributed by atoms with E-state index in [0.717, 1.165) is 24.8 Å². The maximum atomic E-state index is 13.5. The molecular weight excluding hydrogens is 398 g/mol. The van der Waals surface area contributed by atoms with Gasteiger partial charge in [-0.25, -0.2) is 8.42 Å². The van der Waals surface area contributed by atoms with Gasteiger partial charge in [0, 0.05) is 44.5 Å². The minimum Gasteiger partial charge on any atom is -0.342 e. The van der Waals surface area contributed by atoms with Gasteiger partial charge in [-0.05, 0) is 50.2 Å². The number of rotatable bonds is 3. The van der Waals surface area contributed by atoms with Crippen LogP contribution in [-0.4, -0.2) is 47.7 Å². The summed E-state index contributed by atoms with van der Waals surface area (Å²) >= 11 is 0. The van der Waals surface area contributed by atoms with E-state index in [9.17, 15) is 13.2 Å². The van der Waals surface area contributed by atoms with Crippen LogP contribution in [-0.2, 0) is 30.0 Å². The smallest absolute Gasteiger partial charge is 0.271 e. The predicted molar refractivity (Wildman–Crippen MR) is 117 cm³/mol. The van der Waals surface area contributed by atoms with Crippen LogP contribution in [0, 0.1) is 19.8 Å². The Bertz CT molecular complexity index is 1090. The van der Waals surface area contributed by atoms with Gasteiger partial charge in [-0.15, -0.1) is 0 Å². The molecule has 2 aromatic rings. The van der Waals surface area contributed by atoms with Crippen molar-refractivity contribution in [3.05, 3.63) is 52.3 Å². The van der Waals surface area contributed by atoms with Crippen LogP contribution in [0.15, 0.2) is 29.2 Å². The predicted octanol–water partition coefficient (Wildman–Crippen LogP) is 3.26. The molecule has 1 saturated heterocycles. The van der Waals surface area contributed by atoms with Gasteiger partial charge >= 0.3 is 0 Å². The van der Waals surface area contributed by atoms with Gasteiger partial charge in [-0.2, -0.15) is 4.31 Å². The normalized spacial score (nSPS) is 20.3. The number of fused-ring (bicyclic) bond motifs is 1. The van der Waals surface area contributed by atoms with E-state index in [-0.39, 0.29) is 5.91 Å². The number of nitrogens with zero attached hydrogens (tertiary/aromatic N) is 3. The highest BCUT2D eigenvalue weighted by molar-refractivity contribution is 7.89. The van der Waals surface area contributed by atoms with Crippen molar-refractivity contribution in [3.8, 4) is 0 Å². The maximum Gasteiger partial charge on any atom is 0.271 e. The van der Waals surface area contributed by atoms with Gasteiger partial charge in [0.25, 0.3) is 5.91 Å². The minimum absolute atomic E-state index is 0.0962. The first kappa shape index (κ1) is 21.1. The van der Waals surface area contributed by atoms with Gasteiger partial charge in [0.15, 0.2) is 0 Å². The molecular formula is C23H31N3O3S. The molecule has 1 aromatic carbocycles. The number of hydrogen-bond donors (Lipinski definition) is 0. The molecule has 1 amide bonds. The molecule has 0 bridgehead atoms. The Balaban J connectivity index is 1.69. The van der Waals surface area contributed by atoms with E-state index in [1.807, 2.05) is 17.0 Å². The Kier molecular flexibility index (Phi) is 5.53. The van der Waals surface area contributed by atoms with Crippen LogP contribution in [0.3, 0.4) is 0 Å². The van der Waals surface area contributed by atoms with Crippen molar-refractivity contribution in [2.75, 3.05) is 19.6 Å². The Hall–Kier alpha value is -2.12. The summed E-state index contributed by atoms with van der Waals surface area (Å²) in [7, 11) is -1.83. The molecule has 0 saturated carbocycles. The van der Waals surface area contributed by atoms with Gasteiger partial charge in [-0.3, -0.25) is 4.79 Å². The summed E-state index contributed by atoms with van der Waals surface area (Å²) in [4.78, 5) is 15.6. The fourth-order valence-corrected chi connectivity index (χ4v) is 7.02. The summed E-state index contributed by atoms with van der Waals surface area (Å²) in [5, 5.41) is 0. The van der Waals surface area contributed by atoms with Crippen molar-refractivity contribution >= 4 is 15.9 Å². The fourth-order valence-electron chi connectivity index (χ4n) is 4.95. The fraction of sp³-hybridized carbons (Fsp3) is 0.522. The zero-order chi connectivity index (χ0) is 21.6. The van der Waals surface area contributed by atoms with Crippen LogP contribution in [0.4, 0.5) is 0 Å². The molecule has 2 aliphatic heterocycles. The van der Waals surface area contributed by atoms with Crippen molar-refractivity contribution in [1.82, 2.24) is 13.8 Å². The van der Waals surface area contributed by atoms with Crippen molar-refractivity contribution in [2.24, 2.45) is 13.0 Å². The zero-order valence-corrected chi connectivity index (χ0v) is 19.1. The van der Waals surface area contributed by atoms with Crippen molar-refractivity contribution < 1.29 is 13.2 Å². The molecule has 1 aromatic heterocycles. The second-order valence-electron chi connectivity index (χ2n) is 8.80. The van der Waals surface area contributed by atoms with E-state index < -0.39 is 10.0 Å². The third-order valence-corrected chi connectivity index (χ3v) is 8.83. The number of benzene rings is 1. The molecule has 2 aliphatic rings. The first-order chi connectivity index (χ1) is 14.2. The molecule has 0 N–H and O–H groups in total. The van der Waals surface area contributed by atoms with Gasteiger partial charge in [0.2, 0.25) is 10.0 Å². The van der Waals surface area contributed by atoms with Crippen LogP contribution in [0.25, 0.3) is 0 Å². The number of hydrogen-bond acceptors (Lipinski definition) is 3. The lowest BCUT2D eigenvalue weighted by atomic mass is 9.99. The van der Waals surface area contributed by atoms with E-state index in [2.05, 4.69) is 19.1 Å². The number of carbonyl (C=O) groups excluding carboxylic acids is 1. The lowest BCUT2D eigenvalue weighted by Crippen LogP contribution is -2.39. The number of carbonyl (C=O) groups is 1. The van der Waals surface area contributed by atoms with E-state index in [4.69, 9.17) is 0 Å². The largest absolute Gasteiger partial charge is 0.342 e. The quantitative estimate of drug-likeness (QED) is 0.752. The Morgan fingerprint density at radius 2 is 1.80 bits per heavy atom. The topological polar surface area (TPSA) is 62.6 Å². The number of amides is 1. The number of piperidine rings is 1. The highest BCUT2D eigenvalue weighted by Crippen LogP contribution is 2.32. The molecule has 162 valence electrons. The summed E-state index contributed by atoms with van der Waals surface area (Å²) < 4.78 is 30.3. The van der Waals surface area contributed by atoms with Gasteiger partial charge in [-0.1, -0.05) is 31.2 Å². The van der Waals surface area contributed by atoms with Gasteiger partial charge in [0.1, 0.15) is 10.6 Å². The Labute approximate surface area is 179 Å². The summed E-state index contributed by atoms with van der Waals surface area (Å²) in [6.07, 6.45) is 2.75. The van der Waals surface area contributed by atoms with Crippen LogP contribution < -0.4 is 0 Å². The average molecular weight is 430 g/mol. The SMILES string of the molecule is Cc1c(S(=O)(=O)N2CCC[C@@H](C)C2)c(C)n(C)c1C(=O)N1CCc2ccccc2C1. The molecule has 4 rings (SSSR count). The number of aromatic nitrogens is 1. The van der Waals surface area contributed by atoms with E-state index in [0.29, 0.717) is 53.9 Å². The maximum absolute atomic E-state index is 13.5. The van der Waals surface area contributed by atoms with Crippen LogP contribution in [0.2, 0.25) is 0 Å². The minimum atomic E-state index is -3.63.